The Balaban J connectivity index is 4.25. The second-order valence-corrected chi connectivity index (χ2v) is 3.37. The van der Waals surface area contributed by atoms with Gasteiger partial charge in [-0.3, -0.25) is 0 Å². The van der Waals surface area contributed by atoms with Gasteiger partial charge in [-0.15, -0.1) is 12.6 Å². The molecule has 0 aromatic heterocycles. The number of halogens is 2. The van der Waals surface area contributed by atoms with Crippen molar-refractivity contribution in [2.24, 2.45) is 0 Å². The highest BCUT2D eigenvalue weighted by molar-refractivity contribution is 7.86. The maximum absolute atomic E-state index is 5.68. The fraction of sp³-hybridized carbons (Fsp3) is 0.333. The molecule has 0 fully saturated rings. The Morgan fingerprint density at radius 2 is 1.78 bits per heavy atom. The molecule has 0 unspecified atom stereocenters. The van der Waals surface area contributed by atoms with Crippen molar-refractivity contribution >= 4 is 35.8 Å². The van der Waals surface area contributed by atoms with E-state index in [-0.39, 0.29) is 0 Å². The van der Waals surface area contributed by atoms with E-state index in [0.717, 1.165) is 5.57 Å². The van der Waals surface area contributed by atoms with Crippen molar-refractivity contribution in [3.8, 4) is 0 Å². The quantitative estimate of drug-likeness (QED) is 0.466. The Hall–Kier alpha value is 0.410. The molecule has 0 atom stereocenters. The van der Waals surface area contributed by atoms with Crippen molar-refractivity contribution in [3.05, 3.63) is 21.0 Å². The predicted octanol–water partition coefficient (Wildman–Crippen LogP) is 3.53. The lowest BCUT2D eigenvalue weighted by Crippen LogP contribution is -1.68. The maximum atomic E-state index is 5.68. The predicted molar refractivity (Wildman–Crippen MR) is 47.1 cm³/mol. The van der Waals surface area contributed by atoms with Gasteiger partial charge in [0.1, 0.15) is 0 Å². The highest BCUT2D eigenvalue weighted by atomic mass is 35.5. The molecule has 0 aromatic carbocycles. The Kier molecular flexibility index (Phi) is 4.46. The van der Waals surface area contributed by atoms with E-state index < -0.39 is 0 Å². The van der Waals surface area contributed by atoms with Crippen LogP contribution in [0.5, 0.6) is 0 Å². The first kappa shape index (κ1) is 9.41. The summed E-state index contributed by atoms with van der Waals surface area (Å²) >= 11 is 14.9. The van der Waals surface area contributed by atoms with Crippen molar-refractivity contribution in [3.63, 3.8) is 0 Å². The molecule has 0 aliphatic rings. The molecule has 0 radical (unpaired) electrons. The highest BCUT2D eigenvalue weighted by Crippen LogP contribution is 2.16. The van der Waals surface area contributed by atoms with Crippen molar-refractivity contribution in [2.75, 3.05) is 0 Å². The molecule has 0 amide bonds. The van der Waals surface area contributed by atoms with Crippen molar-refractivity contribution in [2.45, 2.75) is 13.8 Å². The maximum Gasteiger partial charge on any atom is 0.0719 e. The summed E-state index contributed by atoms with van der Waals surface area (Å²) in [4.78, 5) is 0. The number of thiol groups is 1. The summed E-state index contributed by atoms with van der Waals surface area (Å²) in [6, 6.07) is 0. The molecule has 3 heteroatoms. The summed E-state index contributed by atoms with van der Waals surface area (Å²) in [7, 11) is 0. The SMILES string of the molecule is CC(C)=C(Cl)/C=C(\S)Cl. The molecule has 9 heavy (non-hydrogen) atoms. The minimum Gasteiger partial charge on any atom is -0.131 e. The zero-order valence-electron chi connectivity index (χ0n) is 5.28. The van der Waals surface area contributed by atoms with E-state index in [1.165, 1.54) is 0 Å². The van der Waals surface area contributed by atoms with E-state index in [1.54, 1.807) is 6.08 Å². The third-order valence-corrected chi connectivity index (χ3v) is 1.45. The average Bonchev–Trinajstić information content (AvgIpc) is 1.63. The van der Waals surface area contributed by atoms with Crippen LogP contribution >= 0.6 is 35.8 Å². The summed E-state index contributed by atoms with van der Waals surface area (Å²) in [6.07, 6.45) is 1.60. The van der Waals surface area contributed by atoms with Crippen molar-refractivity contribution in [1.29, 1.82) is 0 Å². The lowest BCUT2D eigenvalue weighted by atomic mass is 10.3. The largest absolute Gasteiger partial charge is 0.131 e. The molecule has 52 valence electrons. The summed E-state index contributed by atoms with van der Waals surface area (Å²) in [6.45, 7) is 3.82. The molecule has 0 aromatic rings. The van der Waals surface area contributed by atoms with E-state index in [0.29, 0.717) is 9.40 Å². The minimum absolute atomic E-state index is 0.404. The zero-order valence-corrected chi connectivity index (χ0v) is 7.69. The Bertz CT molecular complexity index is 150. The molecule has 0 saturated heterocycles. The monoisotopic (exact) mass is 182 g/mol. The molecule has 0 aliphatic heterocycles. The third kappa shape index (κ3) is 4.89. The average molecular weight is 183 g/mol. The van der Waals surface area contributed by atoms with Crippen molar-refractivity contribution in [1.82, 2.24) is 0 Å². The van der Waals surface area contributed by atoms with Crippen LogP contribution in [0.3, 0.4) is 0 Å². The third-order valence-electron chi connectivity index (χ3n) is 0.723. The van der Waals surface area contributed by atoms with Gasteiger partial charge in [0.2, 0.25) is 0 Å². The molecular weight excluding hydrogens is 175 g/mol. The van der Waals surface area contributed by atoms with Crippen LogP contribution in [-0.4, -0.2) is 0 Å². The first-order valence-corrected chi connectivity index (χ1v) is 3.63. The number of hydrogen-bond donors (Lipinski definition) is 1. The fourth-order valence-electron chi connectivity index (χ4n) is 0.249. The molecule has 0 N–H and O–H groups in total. The molecule has 0 aliphatic carbocycles. The molecule has 0 rings (SSSR count). The van der Waals surface area contributed by atoms with E-state index >= 15 is 0 Å². The van der Waals surface area contributed by atoms with Gasteiger partial charge in [-0.25, -0.2) is 0 Å². The van der Waals surface area contributed by atoms with Crippen LogP contribution in [-0.2, 0) is 0 Å². The topological polar surface area (TPSA) is 0 Å². The van der Waals surface area contributed by atoms with Gasteiger partial charge in [0.05, 0.1) is 4.36 Å². The first-order valence-electron chi connectivity index (χ1n) is 2.43. The second kappa shape index (κ2) is 4.26. The minimum atomic E-state index is 0.404. The van der Waals surface area contributed by atoms with Gasteiger partial charge in [-0.2, -0.15) is 0 Å². The number of rotatable bonds is 1. The van der Waals surface area contributed by atoms with E-state index in [9.17, 15) is 0 Å². The standard InChI is InChI=1S/C6H8Cl2S/c1-4(2)5(7)3-6(8)9/h3,9H,1-2H3/b6-3-. The Morgan fingerprint density at radius 1 is 1.33 bits per heavy atom. The van der Waals surface area contributed by atoms with Crippen LogP contribution in [0.4, 0.5) is 0 Å². The molecular formula is C6H8Cl2S. The second-order valence-electron chi connectivity index (χ2n) is 1.81. The van der Waals surface area contributed by atoms with Crippen molar-refractivity contribution < 1.29 is 0 Å². The highest BCUT2D eigenvalue weighted by Gasteiger charge is 1.89. The number of allylic oxidation sites excluding steroid dienone is 3. The molecule has 0 nitrogen and oxygen atoms in total. The van der Waals surface area contributed by atoms with Gasteiger partial charge in [0.25, 0.3) is 0 Å². The van der Waals surface area contributed by atoms with Gasteiger partial charge in [0.15, 0.2) is 0 Å². The van der Waals surface area contributed by atoms with Gasteiger partial charge in [-0.1, -0.05) is 28.8 Å². The van der Waals surface area contributed by atoms with Crippen LogP contribution in [0.25, 0.3) is 0 Å². The van der Waals surface area contributed by atoms with Crippen LogP contribution in [0.1, 0.15) is 13.8 Å². The van der Waals surface area contributed by atoms with Crippen LogP contribution in [0, 0.1) is 0 Å². The summed E-state index contributed by atoms with van der Waals surface area (Å²) in [5.74, 6) is 0. The number of hydrogen-bond acceptors (Lipinski definition) is 1. The Morgan fingerprint density at radius 3 is 1.89 bits per heavy atom. The Labute approximate surface area is 70.9 Å². The van der Waals surface area contributed by atoms with Crippen LogP contribution in [0.15, 0.2) is 21.0 Å². The van der Waals surface area contributed by atoms with Gasteiger partial charge in [-0.05, 0) is 19.9 Å². The van der Waals surface area contributed by atoms with Crippen LogP contribution < -0.4 is 0 Å². The van der Waals surface area contributed by atoms with Gasteiger partial charge < -0.3 is 0 Å². The molecule has 0 spiro atoms. The lowest BCUT2D eigenvalue weighted by Gasteiger charge is -1.91. The van der Waals surface area contributed by atoms with Gasteiger partial charge >= 0.3 is 0 Å². The fourth-order valence-corrected chi connectivity index (χ4v) is 0.728. The summed E-state index contributed by atoms with van der Waals surface area (Å²) in [5.41, 5.74) is 1.03. The summed E-state index contributed by atoms with van der Waals surface area (Å²) < 4.78 is 0.404. The zero-order chi connectivity index (χ0) is 7.44. The smallest absolute Gasteiger partial charge is 0.0719 e. The van der Waals surface area contributed by atoms with E-state index in [4.69, 9.17) is 23.2 Å². The first-order chi connectivity index (χ1) is 4.04. The normalized spacial score (nSPS) is 11.4. The molecule has 0 heterocycles. The lowest BCUT2D eigenvalue weighted by molar-refractivity contribution is 1.38. The van der Waals surface area contributed by atoms with Crippen LogP contribution in [0.2, 0.25) is 0 Å². The van der Waals surface area contributed by atoms with Gasteiger partial charge in [0, 0.05) is 5.03 Å². The molecule has 0 saturated carbocycles. The van der Waals surface area contributed by atoms with E-state index in [2.05, 4.69) is 12.6 Å². The van der Waals surface area contributed by atoms with E-state index in [1.807, 2.05) is 13.8 Å². The summed E-state index contributed by atoms with van der Waals surface area (Å²) in [5, 5.41) is 0.648. The molecule has 0 bridgehead atoms.